The van der Waals surface area contributed by atoms with E-state index >= 15 is 0 Å². The summed E-state index contributed by atoms with van der Waals surface area (Å²) in [5.74, 6) is -0.0705. The van der Waals surface area contributed by atoms with Gasteiger partial charge in [-0.15, -0.1) is 0 Å². The molecule has 2 rings (SSSR count). The first-order valence-corrected chi connectivity index (χ1v) is 7.34. The molecule has 0 spiro atoms. The van der Waals surface area contributed by atoms with Crippen molar-refractivity contribution in [3.8, 4) is 0 Å². The molecule has 1 atom stereocenters. The minimum absolute atomic E-state index is 0.0518. The Kier molecular flexibility index (Phi) is 4.82. The van der Waals surface area contributed by atoms with E-state index in [0.717, 1.165) is 9.13 Å². The van der Waals surface area contributed by atoms with Gasteiger partial charge in [0.25, 0.3) is 5.91 Å². The van der Waals surface area contributed by atoms with Crippen LogP contribution >= 0.6 is 34.2 Å². The summed E-state index contributed by atoms with van der Waals surface area (Å²) in [7, 11) is 0. The van der Waals surface area contributed by atoms with E-state index in [1.54, 1.807) is 0 Å². The van der Waals surface area contributed by atoms with Gasteiger partial charge in [0.1, 0.15) is 0 Å². The van der Waals surface area contributed by atoms with E-state index in [9.17, 15) is 4.79 Å². The summed E-state index contributed by atoms with van der Waals surface area (Å²) in [6.07, 6.45) is 0. The first-order chi connectivity index (χ1) is 9.06. The van der Waals surface area contributed by atoms with Crippen LogP contribution in [-0.2, 0) is 0 Å². The number of carbonyl (C=O) groups is 1. The summed E-state index contributed by atoms with van der Waals surface area (Å²) in [5.41, 5.74) is 1.70. The molecular weight excluding hydrogens is 373 g/mol. The predicted octanol–water partition coefficient (Wildman–Crippen LogP) is 4.44. The van der Waals surface area contributed by atoms with Crippen molar-refractivity contribution in [1.29, 1.82) is 0 Å². The first-order valence-electron chi connectivity index (χ1n) is 5.88. The Morgan fingerprint density at radius 3 is 2.26 bits per heavy atom. The van der Waals surface area contributed by atoms with Gasteiger partial charge >= 0.3 is 0 Å². The standard InChI is InChI=1S/C15H13ClINO/c1-10(11-2-6-13(16)7-3-11)18-15(19)12-4-8-14(17)9-5-12/h2-10H,1H3,(H,18,19)/t10-/m0/s1. The zero-order chi connectivity index (χ0) is 13.8. The number of carbonyl (C=O) groups excluding carboxylic acids is 1. The zero-order valence-electron chi connectivity index (χ0n) is 10.4. The molecule has 19 heavy (non-hydrogen) atoms. The molecule has 0 aliphatic carbocycles. The number of nitrogens with one attached hydrogen (secondary N) is 1. The van der Waals surface area contributed by atoms with Crippen molar-refractivity contribution < 1.29 is 4.79 Å². The fourth-order valence-corrected chi connectivity index (χ4v) is 2.20. The van der Waals surface area contributed by atoms with Crippen LogP contribution in [0.1, 0.15) is 28.9 Å². The summed E-state index contributed by atoms with van der Waals surface area (Å²) < 4.78 is 1.11. The molecule has 0 unspecified atom stereocenters. The van der Waals surface area contributed by atoms with Crippen LogP contribution in [-0.4, -0.2) is 5.91 Å². The van der Waals surface area contributed by atoms with Crippen molar-refractivity contribution in [2.75, 3.05) is 0 Å². The molecule has 2 aromatic carbocycles. The minimum atomic E-state index is -0.0705. The third-order valence-electron chi connectivity index (χ3n) is 2.82. The molecule has 0 saturated carbocycles. The molecule has 1 N–H and O–H groups in total. The summed E-state index contributed by atoms with van der Waals surface area (Å²) in [6, 6.07) is 14.9. The molecule has 0 fully saturated rings. The quantitative estimate of drug-likeness (QED) is 0.778. The maximum Gasteiger partial charge on any atom is 0.251 e. The van der Waals surface area contributed by atoms with E-state index in [2.05, 4.69) is 27.9 Å². The maximum atomic E-state index is 12.1. The Morgan fingerprint density at radius 2 is 1.68 bits per heavy atom. The van der Waals surface area contributed by atoms with E-state index < -0.39 is 0 Å². The van der Waals surface area contributed by atoms with E-state index in [1.807, 2.05) is 55.5 Å². The molecule has 0 radical (unpaired) electrons. The smallest absolute Gasteiger partial charge is 0.251 e. The normalized spacial score (nSPS) is 11.9. The highest BCUT2D eigenvalue weighted by Gasteiger charge is 2.11. The van der Waals surface area contributed by atoms with E-state index in [1.165, 1.54) is 0 Å². The van der Waals surface area contributed by atoms with Crippen molar-refractivity contribution in [1.82, 2.24) is 5.32 Å². The number of rotatable bonds is 3. The number of hydrogen-bond acceptors (Lipinski definition) is 1. The lowest BCUT2D eigenvalue weighted by Crippen LogP contribution is -2.26. The predicted molar refractivity (Wildman–Crippen MR) is 86.5 cm³/mol. The summed E-state index contributed by atoms with van der Waals surface area (Å²) in [4.78, 5) is 12.1. The van der Waals surface area contributed by atoms with Crippen LogP contribution in [0.3, 0.4) is 0 Å². The van der Waals surface area contributed by atoms with Crippen LogP contribution in [0.15, 0.2) is 48.5 Å². The molecule has 0 bridgehead atoms. The minimum Gasteiger partial charge on any atom is -0.346 e. The second kappa shape index (κ2) is 6.39. The van der Waals surface area contributed by atoms with Gasteiger partial charge in [-0.25, -0.2) is 0 Å². The van der Waals surface area contributed by atoms with Gasteiger partial charge in [0.05, 0.1) is 6.04 Å². The Bertz CT molecular complexity index is 566. The van der Waals surface area contributed by atoms with E-state index in [0.29, 0.717) is 10.6 Å². The van der Waals surface area contributed by atoms with Crippen LogP contribution < -0.4 is 5.32 Å². The lowest BCUT2D eigenvalue weighted by molar-refractivity contribution is 0.0940. The summed E-state index contributed by atoms with van der Waals surface area (Å²) >= 11 is 8.06. The zero-order valence-corrected chi connectivity index (χ0v) is 13.3. The third kappa shape index (κ3) is 3.94. The Balaban J connectivity index is 2.06. The molecule has 2 nitrogen and oxygen atoms in total. The Morgan fingerprint density at radius 1 is 1.11 bits per heavy atom. The van der Waals surface area contributed by atoms with Crippen LogP contribution in [0.5, 0.6) is 0 Å². The van der Waals surface area contributed by atoms with Gasteiger partial charge in [-0.2, -0.15) is 0 Å². The van der Waals surface area contributed by atoms with Crippen molar-refractivity contribution in [3.05, 3.63) is 68.3 Å². The van der Waals surface area contributed by atoms with Crippen LogP contribution in [0.4, 0.5) is 0 Å². The fraction of sp³-hybridized carbons (Fsp3) is 0.133. The number of amides is 1. The molecule has 0 aliphatic rings. The molecule has 4 heteroatoms. The fourth-order valence-electron chi connectivity index (χ4n) is 1.72. The summed E-state index contributed by atoms with van der Waals surface area (Å²) in [6.45, 7) is 1.95. The van der Waals surface area contributed by atoms with Gasteiger partial charge in [-0.05, 0) is 71.5 Å². The molecular formula is C15H13ClINO. The maximum absolute atomic E-state index is 12.1. The second-order valence-electron chi connectivity index (χ2n) is 4.25. The van der Waals surface area contributed by atoms with Gasteiger partial charge in [0.15, 0.2) is 0 Å². The van der Waals surface area contributed by atoms with Crippen LogP contribution in [0.2, 0.25) is 5.02 Å². The lowest BCUT2D eigenvalue weighted by atomic mass is 10.1. The average Bonchev–Trinajstić information content (AvgIpc) is 2.40. The van der Waals surface area contributed by atoms with Gasteiger partial charge < -0.3 is 5.32 Å². The van der Waals surface area contributed by atoms with Crippen LogP contribution in [0, 0.1) is 3.57 Å². The van der Waals surface area contributed by atoms with Gasteiger partial charge in [0.2, 0.25) is 0 Å². The van der Waals surface area contributed by atoms with Gasteiger partial charge in [-0.1, -0.05) is 23.7 Å². The van der Waals surface area contributed by atoms with Gasteiger partial charge in [-0.3, -0.25) is 4.79 Å². The SMILES string of the molecule is C[C@H](NC(=O)c1ccc(I)cc1)c1ccc(Cl)cc1. The monoisotopic (exact) mass is 385 g/mol. The topological polar surface area (TPSA) is 29.1 Å². The largest absolute Gasteiger partial charge is 0.346 e. The average molecular weight is 386 g/mol. The summed E-state index contributed by atoms with van der Waals surface area (Å²) in [5, 5.41) is 3.66. The van der Waals surface area contributed by atoms with E-state index in [-0.39, 0.29) is 11.9 Å². The third-order valence-corrected chi connectivity index (χ3v) is 3.80. The Labute approximate surface area is 131 Å². The van der Waals surface area contributed by atoms with Crippen molar-refractivity contribution in [3.63, 3.8) is 0 Å². The number of hydrogen-bond donors (Lipinski definition) is 1. The highest BCUT2D eigenvalue weighted by atomic mass is 127. The van der Waals surface area contributed by atoms with Crippen molar-refractivity contribution >= 4 is 40.1 Å². The first kappa shape index (κ1) is 14.3. The van der Waals surface area contributed by atoms with E-state index in [4.69, 9.17) is 11.6 Å². The highest BCUT2D eigenvalue weighted by Crippen LogP contribution is 2.16. The Hall–Kier alpha value is -1.07. The molecule has 0 saturated heterocycles. The number of benzene rings is 2. The van der Waals surface area contributed by atoms with Crippen molar-refractivity contribution in [2.45, 2.75) is 13.0 Å². The second-order valence-corrected chi connectivity index (χ2v) is 5.94. The molecule has 1 amide bonds. The van der Waals surface area contributed by atoms with Crippen molar-refractivity contribution in [2.24, 2.45) is 0 Å². The molecule has 0 heterocycles. The molecule has 2 aromatic rings. The molecule has 0 aliphatic heterocycles. The lowest BCUT2D eigenvalue weighted by Gasteiger charge is -2.14. The van der Waals surface area contributed by atoms with Gasteiger partial charge in [0, 0.05) is 14.2 Å². The molecule has 0 aromatic heterocycles. The molecule has 98 valence electrons. The highest BCUT2D eigenvalue weighted by molar-refractivity contribution is 14.1. The number of halogens is 2. The van der Waals surface area contributed by atoms with Crippen LogP contribution in [0.25, 0.3) is 0 Å².